The van der Waals surface area contributed by atoms with Crippen molar-refractivity contribution in [2.24, 2.45) is 0 Å². The minimum atomic E-state index is -0.760. The van der Waals surface area contributed by atoms with Crippen LogP contribution in [0.1, 0.15) is 19.3 Å². The molecular weight excluding hydrogens is 228 g/mol. The first kappa shape index (κ1) is 12.9. The van der Waals surface area contributed by atoms with Gasteiger partial charge in [0.1, 0.15) is 0 Å². The van der Waals surface area contributed by atoms with Crippen molar-refractivity contribution >= 4 is 6.03 Å². The van der Waals surface area contributed by atoms with Gasteiger partial charge in [0.05, 0.1) is 5.60 Å². The summed E-state index contributed by atoms with van der Waals surface area (Å²) in [6, 6.07) is -0.0633. The molecule has 0 radical (unpaired) electrons. The maximum atomic E-state index is 11.5. The fraction of sp³-hybridized carbons (Fsp3) is 0.500. The third-order valence-electron chi connectivity index (χ3n) is 3.68. The molecule has 4 heteroatoms. The molecular formula is C14H20N2O2. The third kappa shape index (κ3) is 2.64. The Bertz CT molecular complexity index is 402. The van der Waals surface area contributed by atoms with E-state index < -0.39 is 5.60 Å². The maximum absolute atomic E-state index is 11.5. The quantitative estimate of drug-likeness (QED) is 0.740. The lowest BCUT2D eigenvalue weighted by atomic mass is 9.82. The molecule has 0 aromatic carbocycles. The van der Waals surface area contributed by atoms with Crippen molar-refractivity contribution in [1.82, 2.24) is 10.2 Å². The van der Waals surface area contributed by atoms with Crippen LogP contribution in [-0.2, 0) is 0 Å². The molecule has 0 bridgehead atoms. The minimum absolute atomic E-state index is 0.0633. The van der Waals surface area contributed by atoms with Gasteiger partial charge in [-0.05, 0) is 24.8 Å². The van der Waals surface area contributed by atoms with Gasteiger partial charge in [-0.2, -0.15) is 0 Å². The molecule has 2 rings (SSSR count). The van der Waals surface area contributed by atoms with Crippen molar-refractivity contribution in [3.8, 4) is 0 Å². The van der Waals surface area contributed by atoms with E-state index >= 15 is 0 Å². The van der Waals surface area contributed by atoms with Crippen LogP contribution in [0.3, 0.4) is 0 Å². The highest BCUT2D eigenvalue weighted by atomic mass is 16.3. The van der Waals surface area contributed by atoms with E-state index in [0.29, 0.717) is 25.9 Å². The molecule has 18 heavy (non-hydrogen) atoms. The van der Waals surface area contributed by atoms with E-state index in [4.69, 9.17) is 0 Å². The maximum Gasteiger partial charge on any atom is 0.317 e. The Morgan fingerprint density at radius 3 is 2.72 bits per heavy atom. The molecule has 2 N–H and O–H groups in total. The number of nitrogens with one attached hydrogen (secondary N) is 1. The normalized spacial score (nSPS) is 22.3. The van der Waals surface area contributed by atoms with Crippen molar-refractivity contribution in [2.45, 2.75) is 24.9 Å². The van der Waals surface area contributed by atoms with Crippen LogP contribution in [-0.4, -0.2) is 41.8 Å². The Balaban J connectivity index is 2.03. The number of hydrogen-bond acceptors (Lipinski definition) is 2. The summed E-state index contributed by atoms with van der Waals surface area (Å²) in [5.74, 6) is 0. The van der Waals surface area contributed by atoms with Gasteiger partial charge >= 0.3 is 6.03 Å². The Labute approximate surface area is 108 Å². The summed E-state index contributed by atoms with van der Waals surface area (Å²) in [6.45, 7) is 1.20. The molecule has 0 aromatic rings. The molecule has 0 aromatic heterocycles. The number of likely N-dealkylation sites (tertiary alicyclic amines) is 1. The Kier molecular flexibility index (Phi) is 3.87. The van der Waals surface area contributed by atoms with Gasteiger partial charge in [0.15, 0.2) is 0 Å². The highest BCUT2D eigenvalue weighted by Crippen LogP contribution is 2.32. The van der Waals surface area contributed by atoms with Gasteiger partial charge in [0.2, 0.25) is 0 Å². The summed E-state index contributed by atoms with van der Waals surface area (Å²) in [6.07, 6.45) is 12.0. The van der Waals surface area contributed by atoms with Gasteiger partial charge < -0.3 is 15.3 Å². The van der Waals surface area contributed by atoms with E-state index in [1.807, 2.05) is 24.3 Å². The number of carbonyl (C=O) groups excluding carboxylic acids is 1. The molecule has 1 saturated heterocycles. The van der Waals surface area contributed by atoms with Crippen LogP contribution in [0.4, 0.5) is 4.79 Å². The lowest BCUT2D eigenvalue weighted by molar-refractivity contribution is 0.0182. The monoisotopic (exact) mass is 248 g/mol. The molecule has 0 atom stereocenters. The van der Waals surface area contributed by atoms with Crippen LogP contribution in [0.25, 0.3) is 0 Å². The van der Waals surface area contributed by atoms with E-state index in [1.54, 1.807) is 11.9 Å². The number of nitrogens with zero attached hydrogens (tertiary/aromatic N) is 1. The number of urea groups is 1. The van der Waals surface area contributed by atoms with Gasteiger partial charge in [-0.1, -0.05) is 30.4 Å². The zero-order valence-corrected chi connectivity index (χ0v) is 10.7. The van der Waals surface area contributed by atoms with Gasteiger partial charge in [-0.15, -0.1) is 0 Å². The van der Waals surface area contributed by atoms with Crippen LogP contribution >= 0.6 is 0 Å². The van der Waals surface area contributed by atoms with Crippen LogP contribution in [0, 0.1) is 0 Å². The van der Waals surface area contributed by atoms with Crippen molar-refractivity contribution < 1.29 is 9.90 Å². The number of rotatable bonds is 1. The van der Waals surface area contributed by atoms with Crippen LogP contribution in [0.2, 0.25) is 0 Å². The second kappa shape index (κ2) is 5.40. The lowest BCUT2D eigenvalue weighted by Gasteiger charge is -2.39. The van der Waals surface area contributed by atoms with Crippen LogP contribution in [0.5, 0.6) is 0 Å². The summed E-state index contributed by atoms with van der Waals surface area (Å²) in [5, 5.41) is 13.3. The predicted octanol–water partition coefficient (Wildman–Crippen LogP) is 1.60. The number of piperidine rings is 1. The smallest absolute Gasteiger partial charge is 0.317 e. The Hall–Kier alpha value is -1.55. The molecule has 1 aliphatic carbocycles. The Morgan fingerprint density at radius 1 is 1.33 bits per heavy atom. The largest absolute Gasteiger partial charge is 0.385 e. The number of allylic oxidation sites excluding steroid dienone is 5. The number of amides is 2. The SMILES string of the molecule is CNC(=O)N1CCC(O)(C2=CC=CC=CC2)CC1. The minimum Gasteiger partial charge on any atom is -0.385 e. The van der Waals surface area contributed by atoms with Crippen molar-refractivity contribution in [1.29, 1.82) is 0 Å². The van der Waals surface area contributed by atoms with Crippen molar-refractivity contribution in [2.75, 3.05) is 20.1 Å². The van der Waals surface area contributed by atoms with E-state index in [-0.39, 0.29) is 6.03 Å². The van der Waals surface area contributed by atoms with Crippen LogP contribution in [0.15, 0.2) is 36.0 Å². The average molecular weight is 248 g/mol. The summed E-state index contributed by atoms with van der Waals surface area (Å²) < 4.78 is 0. The predicted molar refractivity (Wildman–Crippen MR) is 71.2 cm³/mol. The summed E-state index contributed by atoms with van der Waals surface area (Å²) >= 11 is 0. The molecule has 2 amide bonds. The zero-order chi connectivity index (χ0) is 13.0. The molecule has 0 saturated carbocycles. The summed E-state index contributed by atoms with van der Waals surface area (Å²) in [4.78, 5) is 13.3. The third-order valence-corrected chi connectivity index (χ3v) is 3.68. The molecule has 98 valence electrons. The molecule has 1 fully saturated rings. The molecule has 1 aliphatic heterocycles. The highest BCUT2D eigenvalue weighted by molar-refractivity contribution is 5.73. The molecule has 4 nitrogen and oxygen atoms in total. The fourth-order valence-corrected chi connectivity index (χ4v) is 2.48. The van der Waals surface area contributed by atoms with Crippen molar-refractivity contribution in [3.63, 3.8) is 0 Å². The number of carbonyl (C=O) groups is 1. The summed E-state index contributed by atoms with van der Waals surface area (Å²) in [5.41, 5.74) is 0.285. The topological polar surface area (TPSA) is 52.6 Å². The standard InChI is InChI=1S/C14H20N2O2/c1-15-13(17)16-10-8-14(18,9-11-16)12-6-4-2-3-5-7-12/h2-6,18H,7-11H2,1H3,(H,15,17). The second-order valence-electron chi connectivity index (χ2n) is 4.78. The van der Waals surface area contributed by atoms with Crippen molar-refractivity contribution in [3.05, 3.63) is 36.0 Å². The number of aliphatic hydroxyl groups is 1. The van der Waals surface area contributed by atoms with Gasteiger partial charge in [0.25, 0.3) is 0 Å². The Morgan fingerprint density at radius 2 is 2.06 bits per heavy atom. The second-order valence-corrected chi connectivity index (χ2v) is 4.78. The van der Waals surface area contributed by atoms with E-state index in [0.717, 1.165) is 12.0 Å². The average Bonchev–Trinajstić information content (AvgIpc) is 2.68. The fourth-order valence-electron chi connectivity index (χ4n) is 2.48. The zero-order valence-electron chi connectivity index (χ0n) is 10.7. The molecule has 2 aliphatic rings. The van der Waals surface area contributed by atoms with E-state index in [9.17, 15) is 9.90 Å². The molecule has 0 unspecified atom stereocenters. The van der Waals surface area contributed by atoms with Gasteiger partial charge in [0, 0.05) is 20.1 Å². The highest BCUT2D eigenvalue weighted by Gasteiger charge is 2.36. The van der Waals surface area contributed by atoms with E-state index in [2.05, 4.69) is 11.4 Å². The van der Waals surface area contributed by atoms with Gasteiger partial charge in [-0.25, -0.2) is 4.79 Å². The molecule has 1 heterocycles. The number of hydrogen-bond donors (Lipinski definition) is 2. The first-order chi connectivity index (χ1) is 8.65. The molecule has 0 spiro atoms. The summed E-state index contributed by atoms with van der Waals surface area (Å²) in [7, 11) is 1.63. The van der Waals surface area contributed by atoms with E-state index in [1.165, 1.54) is 0 Å². The lowest BCUT2D eigenvalue weighted by Crippen LogP contribution is -2.49. The first-order valence-corrected chi connectivity index (χ1v) is 6.37. The van der Waals surface area contributed by atoms with Crippen LogP contribution < -0.4 is 5.32 Å². The first-order valence-electron chi connectivity index (χ1n) is 6.37. The van der Waals surface area contributed by atoms with Gasteiger partial charge in [-0.3, -0.25) is 0 Å².